The van der Waals surface area contributed by atoms with Gasteiger partial charge in [-0.05, 0) is 86.2 Å². The average Bonchev–Trinajstić information content (AvgIpc) is 2.70. The fourth-order valence-electron chi connectivity index (χ4n) is 5.86. The van der Waals surface area contributed by atoms with Crippen molar-refractivity contribution < 1.29 is 19.1 Å². The molecular weight excluding hydrogens is 352 g/mol. The Balaban J connectivity index is 1.11. The predicted octanol–water partition coefficient (Wildman–Crippen LogP) is 4.87. The lowest BCUT2D eigenvalue weighted by Crippen LogP contribution is -2.40. The Bertz CT molecular complexity index is 644. The molecule has 2 saturated carbocycles. The minimum atomic E-state index is -0.0227. The second kappa shape index (κ2) is 7.53. The van der Waals surface area contributed by atoms with Gasteiger partial charge in [0.1, 0.15) is 12.2 Å². The second-order valence-corrected chi connectivity index (χ2v) is 9.35. The van der Waals surface area contributed by atoms with Crippen LogP contribution in [0.1, 0.15) is 87.2 Å². The number of carbonyl (C=O) groups excluding carboxylic acids is 2. The van der Waals surface area contributed by atoms with E-state index in [9.17, 15) is 9.59 Å². The van der Waals surface area contributed by atoms with Crippen LogP contribution in [0.25, 0.3) is 0 Å². The number of rotatable bonds is 4. The third-order valence-corrected chi connectivity index (χ3v) is 7.78. The Hall–Kier alpha value is -1.84. The zero-order valence-corrected chi connectivity index (χ0v) is 16.5. The summed E-state index contributed by atoms with van der Waals surface area (Å²) in [5.41, 5.74) is 2.95. The molecular formula is C24H30O4. The maximum absolute atomic E-state index is 11.0. The molecule has 0 spiro atoms. The molecule has 0 radical (unpaired) electrons. The molecule has 0 aromatic heterocycles. The molecule has 2 aliphatic heterocycles. The number of ether oxygens (including phenoxy) is 2. The molecule has 2 unspecified atom stereocenters. The van der Waals surface area contributed by atoms with Gasteiger partial charge in [0.25, 0.3) is 0 Å². The summed E-state index contributed by atoms with van der Waals surface area (Å²) in [7, 11) is 0. The van der Waals surface area contributed by atoms with Crippen molar-refractivity contribution in [3.05, 3.63) is 35.4 Å². The number of benzene rings is 1. The summed E-state index contributed by atoms with van der Waals surface area (Å²) in [6.07, 6.45) is 11.2. The molecule has 4 fully saturated rings. The van der Waals surface area contributed by atoms with E-state index in [0.717, 1.165) is 0 Å². The third-order valence-electron chi connectivity index (χ3n) is 7.78. The molecule has 2 heterocycles. The summed E-state index contributed by atoms with van der Waals surface area (Å²) in [6.45, 7) is 0. The maximum atomic E-state index is 11.0. The molecule has 4 nitrogen and oxygen atoms in total. The highest BCUT2D eigenvalue weighted by atomic mass is 16.6. The Labute approximate surface area is 167 Å². The van der Waals surface area contributed by atoms with Gasteiger partial charge in [-0.15, -0.1) is 0 Å². The smallest absolute Gasteiger partial charge is 0.309 e. The average molecular weight is 383 g/mol. The molecule has 1 aromatic carbocycles. The second-order valence-electron chi connectivity index (χ2n) is 9.35. The highest BCUT2D eigenvalue weighted by Crippen LogP contribution is 2.42. The van der Waals surface area contributed by atoms with Crippen LogP contribution in [0.3, 0.4) is 0 Å². The monoisotopic (exact) mass is 382 g/mol. The first-order valence-electron chi connectivity index (χ1n) is 11.1. The number of esters is 2. The number of hydrogen-bond donors (Lipinski definition) is 0. The minimum Gasteiger partial charge on any atom is -0.461 e. The van der Waals surface area contributed by atoms with Crippen molar-refractivity contribution in [1.29, 1.82) is 0 Å². The zero-order chi connectivity index (χ0) is 19.1. The van der Waals surface area contributed by atoms with Gasteiger partial charge < -0.3 is 9.47 Å². The van der Waals surface area contributed by atoms with Gasteiger partial charge in [0.15, 0.2) is 0 Å². The van der Waals surface area contributed by atoms with Crippen LogP contribution in [0.2, 0.25) is 0 Å². The number of cyclic esters (lactones) is 2. The molecule has 150 valence electrons. The number of carbonyl (C=O) groups is 2. The lowest BCUT2D eigenvalue weighted by molar-refractivity contribution is -0.177. The molecule has 4 heteroatoms. The molecule has 2 atom stereocenters. The Morgan fingerprint density at radius 3 is 1.18 bits per heavy atom. The van der Waals surface area contributed by atoms with Crippen LogP contribution in [-0.2, 0) is 19.1 Å². The van der Waals surface area contributed by atoms with E-state index in [-0.39, 0.29) is 24.1 Å². The topological polar surface area (TPSA) is 52.6 Å². The van der Waals surface area contributed by atoms with E-state index in [1.807, 2.05) is 0 Å². The summed E-state index contributed by atoms with van der Waals surface area (Å²) in [6, 6.07) is 9.40. The standard InChI is InChI=1S/C24H30O4/c25-23-13-21(27-23)19-9-5-17(6-10-19)15-1-2-16(4-3-15)18-7-11-20(12-8-18)22-14-24(26)28-22/h1-4,17-22H,5-14H2. The van der Waals surface area contributed by atoms with Gasteiger partial charge in [0.2, 0.25) is 0 Å². The van der Waals surface area contributed by atoms with E-state index in [1.54, 1.807) is 0 Å². The van der Waals surface area contributed by atoms with E-state index < -0.39 is 0 Å². The minimum absolute atomic E-state index is 0.0227. The van der Waals surface area contributed by atoms with Gasteiger partial charge in [0.05, 0.1) is 12.8 Å². The van der Waals surface area contributed by atoms with Crippen LogP contribution in [0, 0.1) is 11.8 Å². The van der Waals surface area contributed by atoms with Crippen LogP contribution in [-0.4, -0.2) is 24.1 Å². The van der Waals surface area contributed by atoms with Gasteiger partial charge in [-0.25, -0.2) is 0 Å². The van der Waals surface area contributed by atoms with Gasteiger partial charge in [-0.3, -0.25) is 9.59 Å². The molecule has 2 aliphatic carbocycles. The molecule has 0 bridgehead atoms. The summed E-state index contributed by atoms with van der Waals surface area (Å²) < 4.78 is 10.6. The lowest BCUT2D eigenvalue weighted by Gasteiger charge is -2.38. The predicted molar refractivity (Wildman–Crippen MR) is 105 cm³/mol. The van der Waals surface area contributed by atoms with E-state index in [1.165, 1.54) is 62.5 Å². The van der Waals surface area contributed by atoms with Crippen molar-refractivity contribution >= 4 is 11.9 Å². The van der Waals surface area contributed by atoms with Gasteiger partial charge in [-0.2, -0.15) is 0 Å². The van der Waals surface area contributed by atoms with Crippen LogP contribution in [0.15, 0.2) is 24.3 Å². The van der Waals surface area contributed by atoms with Crippen LogP contribution < -0.4 is 0 Å². The van der Waals surface area contributed by atoms with Crippen molar-refractivity contribution in [3.8, 4) is 0 Å². The normalized spacial score (nSPS) is 38.0. The zero-order valence-electron chi connectivity index (χ0n) is 16.5. The fourth-order valence-corrected chi connectivity index (χ4v) is 5.86. The van der Waals surface area contributed by atoms with Crippen LogP contribution >= 0.6 is 0 Å². The van der Waals surface area contributed by atoms with Crippen molar-refractivity contribution in [3.63, 3.8) is 0 Å². The quantitative estimate of drug-likeness (QED) is 0.698. The first-order valence-corrected chi connectivity index (χ1v) is 11.1. The largest absolute Gasteiger partial charge is 0.461 e. The Kier molecular flexibility index (Phi) is 4.90. The first-order chi connectivity index (χ1) is 13.7. The van der Waals surface area contributed by atoms with E-state index >= 15 is 0 Å². The van der Waals surface area contributed by atoms with Crippen molar-refractivity contribution in [2.24, 2.45) is 11.8 Å². The SMILES string of the molecule is O=C1CC(C2CCC(c3ccc(C4CCC(C5CC(=O)O5)CC4)cc3)CC2)O1. The van der Waals surface area contributed by atoms with Crippen LogP contribution in [0.4, 0.5) is 0 Å². The highest BCUT2D eigenvalue weighted by Gasteiger charge is 2.39. The third kappa shape index (κ3) is 3.58. The molecule has 4 aliphatic rings. The van der Waals surface area contributed by atoms with Crippen molar-refractivity contribution in [1.82, 2.24) is 0 Å². The summed E-state index contributed by atoms with van der Waals surface area (Å²) >= 11 is 0. The van der Waals surface area contributed by atoms with E-state index in [2.05, 4.69) is 24.3 Å². The number of hydrogen-bond acceptors (Lipinski definition) is 4. The summed E-state index contributed by atoms with van der Waals surface area (Å²) in [4.78, 5) is 22.1. The Morgan fingerprint density at radius 2 is 0.893 bits per heavy atom. The molecule has 0 N–H and O–H groups in total. The Morgan fingerprint density at radius 1 is 0.571 bits per heavy atom. The van der Waals surface area contributed by atoms with Gasteiger partial charge >= 0.3 is 11.9 Å². The molecule has 1 aromatic rings. The van der Waals surface area contributed by atoms with E-state index in [0.29, 0.717) is 36.5 Å². The molecule has 5 rings (SSSR count). The van der Waals surface area contributed by atoms with Crippen molar-refractivity contribution in [2.75, 3.05) is 0 Å². The first kappa shape index (κ1) is 18.2. The fraction of sp³-hybridized carbons (Fsp3) is 0.667. The van der Waals surface area contributed by atoms with Gasteiger partial charge in [-0.1, -0.05) is 24.3 Å². The van der Waals surface area contributed by atoms with Crippen molar-refractivity contribution in [2.45, 2.75) is 88.3 Å². The highest BCUT2D eigenvalue weighted by molar-refractivity contribution is 5.75. The molecule has 2 saturated heterocycles. The van der Waals surface area contributed by atoms with E-state index in [4.69, 9.17) is 9.47 Å². The van der Waals surface area contributed by atoms with Crippen LogP contribution in [0.5, 0.6) is 0 Å². The molecule has 28 heavy (non-hydrogen) atoms. The lowest BCUT2D eigenvalue weighted by atomic mass is 9.74. The maximum Gasteiger partial charge on any atom is 0.309 e. The summed E-state index contributed by atoms with van der Waals surface area (Å²) in [5, 5.41) is 0. The van der Waals surface area contributed by atoms with Gasteiger partial charge in [0, 0.05) is 0 Å². The summed E-state index contributed by atoms with van der Waals surface area (Å²) in [5.74, 6) is 2.43. The molecule has 0 amide bonds.